The van der Waals surface area contributed by atoms with Crippen molar-refractivity contribution < 1.29 is 4.79 Å². The summed E-state index contributed by atoms with van der Waals surface area (Å²) in [5.41, 5.74) is 2.60. The van der Waals surface area contributed by atoms with Gasteiger partial charge in [0.2, 0.25) is 5.91 Å². The van der Waals surface area contributed by atoms with Crippen molar-refractivity contribution in [3.05, 3.63) is 52.9 Å². The number of hydrogen-bond acceptors (Lipinski definition) is 3. The summed E-state index contributed by atoms with van der Waals surface area (Å²) in [6.07, 6.45) is 2.63. The topological polar surface area (TPSA) is 54.3 Å². The number of carbonyl (C=O) groups excluding carboxylic acids is 1. The van der Waals surface area contributed by atoms with E-state index in [1.807, 2.05) is 56.3 Å². The van der Waals surface area contributed by atoms with Crippen LogP contribution in [0.15, 0.2) is 47.4 Å². The van der Waals surface area contributed by atoms with E-state index in [-0.39, 0.29) is 18.0 Å². The van der Waals surface area contributed by atoms with Crippen LogP contribution in [-0.4, -0.2) is 31.1 Å². The fraction of sp³-hybridized carbons (Fsp3) is 0.333. The van der Waals surface area contributed by atoms with E-state index in [0.29, 0.717) is 6.54 Å². The summed E-state index contributed by atoms with van der Waals surface area (Å²) in [5.74, 6) is -0.148. The molecule has 1 N–H and O–H groups in total. The molecule has 1 aromatic carbocycles. The Bertz CT molecular complexity index is 721. The molecule has 0 saturated heterocycles. The van der Waals surface area contributed by atoms with E-state index in [1.165, 1.54) is 4.57 Å². The summed E-state index contributed by atoms with van der Waals surface area (Å²) in [4.78, 5) is 26.1. The van der Waals surface area contributed by atoms with Gasteiger partial charge in [-0.05, 0) is 12.0 Å². The van der Waals surface area contributed by atoms with Crippen molar-refractivity contribution in [1.29, 1.82) is 0 Å². The van der Waals surface area contributed by atoms with Gasteiger partial charge in [0.05, 0.1) is 5.69 Å². The minimum atomic E-state index is -0.181. The average molecular weight is 313 g/mol. The van der Waals surface area contributed by atoms with Crippen LogP contribution >= 0.6 is 0 Å². The van der Waals surface area contributed by atoms with Gasteiger partial charge in [-0.25, -0.2) is 0 Å². The zero-order valence-electron chi connectivity index (χ0n) is 13.9. The number of anilines is 1. The maximum Gasteiger partial charge on any atom is 0.253 e. The summed E-state index contributed by atoms with van der Waals surface area (Å²) in [5, 5.41) is 2.80. The number of pyridine rings is 1. The van der Waals surface area contributed by atoms with Gasteiger partial charge in [0, 0.05) is 38.5 Å². The first-order valence-corrected chi connectivity index (χ1v) is 7.77. The normalized spacial score (nSPS) is 10.4. The van der Waals surface area contributed by atoms with Crippen molar-refractivity contribution in [2.75, 3.05) is 25.5 Å². The fourth-order valence-electron chi connectivity index (χ4n) is 2.37. The number of aromatic nitrogens is 1. The van der Waals surface area contributed by atoms with Crippen LogP contribution in [0.25, 0.3) is 11.1 Å². The van der Waals surface area contributed by atoms with Crippen molar-refractivity contribution >= 4 is 11.6 Å². The molecule has 23 heavy (non-hydrogen) atoms. The van der Waals surface area contributed by atoms with E-state index < -0.39 is 0 Å². The van der Waals surface area contributed by atoms with Crippen molar-refractivity contribution in [3.63, 3.8) is 0 Å². The van der Waals surface area contributed by atoms with E-state index in [9.17, 15) is 9.59 Å². The third kappa shape index (κ3) is 4.22. The summed E-state index contributed by atoms with van der Waals surface area (Å²) in [6, 6.07) is 11.4. The van der Waals surface area contributed by atoms with Crippen molar-refractivity contribution in [2.24, 2.45) is 0 Å². The second-order valence-electron chi connectivity index (χ2n) is 5.65. The molecule has 2 rings (SSSR count). The highest BCUT2D eigenvalue weighted by Gasteiger charge is 2.12. The minimum Gasteiger partial charge on any atom is -0.377 e. The Kier molecular flexibility index (Phi) is 5.57. The zero-order chi connectivity index (χ0) is 16.8. The molecule has 0 bridgehead atoms. The molecule has 5 heteroatoms. The quantitative estimate of drug-likeness (QED) is 0.888. The van der Waals surface area contributed by atoms with Crippen molar-refractivity contribution in [2.45, 2.75) is 19.9 Å². The average Bonchev–Trinajstić information content (AvgIpc) is 2.55. The third-order valence-electron chi connectivity index (χ3n) is 3.56. The Morgan fingerprint density at radius 3 is 2.52 bits per heavy atom. The molecule has 0 aliphatic carbocycles. The first-order chi connectivity index (χ1) is 11.0. The van der Waals surface area contributed by atoms with Crippen LogP contribution in [-0.2, 0) is 11.3 Å². The van der Waals surface area contributed by atoms with Gasteiger partial charge < -0.3 is 14.8 Å². The molecule has 0 aliphatic rings. The minimum absolute atomic E-state index is 0.0341. The highest BCUT2D eigenvalue weighted by Crippen LogP contribution is 2.27. The molecule has 2 aromatic rings. The highest BCUT2D eigenvalue weighted by atomic mass is 16.2. The number of benzene rings is 1. The molecule has 1 aromatic heterocycles. The molecule has 5 nitrogen and oxygen atoms in total. The summed E-state index contributed by atoms with van der Waals surface area (Å²) < 4.78 is 1.46. The maximum absolute atomic E-state index is 12.3. The number of amides is 1. The zero-order valence-corrected chi connectivity index (χ0v) is 13.9. The van der Waals surface area contributed by atoms with Crippen LogP contribution in [0.1, 0.15) is 13.3 Å². The second-order valence-corrected chi connectivity index (χ2v) is 5.65. The predicted octanol–water partition coefficient (Wildman–Crippen LogP) is 2.11. The van der Waals surface area contributed by atoms with Crippen LogP contribution < -0.4 is 15.8 Å². The van der Waals surface area contributed by atoms with Gasteiger partial charge in [0.1, 0.15) is 6.54 Å². The van der Waals surface area contributed by atoms with Crippen molar-refractivity contribution in [3.8, 4) is 11.1 Å². The first kappa shape index (κ1) is 16.8. The van der Waals surface area contributed by atoms with E-state index in [0.717, 1.165) is 23.2 Å². The third-order valence-corrected chi connectivity index (χ3v) is 3.56. The Balaban J connectivity index is 2.42. The smallest absolute Gasteiger partial charge is 0.253 e. The molecule has 1 amide bonds. The number of carbonyl (C=O) groups is 1. The van der Waals surface area contributed by atoms with Gasteiger partial charge in [0.15, 0.2) is 0 Å². The monoisotopic (exact) mass is 313 g/mol. The molecule has 0 spiro atoms. The summed E-state index contributed by atoms with van der Waals surface area (Å²) in [6.45, 7) is 2.65. The second kappa shape index (κ2) is 7.63. The number of nitrogens with one attached hydrogen (secondary N) is 1. The molecule has 0 saturated carbocycles. The largest absolute Gasteiger partial charge is 0.377 e. The Hall–Kier alpha value is -2.56. The van der Waals surface area contributed by atoms with Crippen molar-refractivity contribution in [1.82, 2.24) is 9.88 Å². The molecule has 1 heterocycles. The molecular weight excluding hydrogens is 290 g/mol. The van der Waals surface area contributed by atoms with Gasteiger partial charge in [-0.15, -0.1) is 0 Å². The predicted molar refractivity (Wildman–Crippen MR) is 93.8 cm³/mol. The van der Waals surface area contributed by atoms with Crippen LogP contribution in [0.3, 0.4) is 0 Å². The number of rotatable bonds is 6. The van der Waals surface area contributed by atoms with Crippen LogP contribution in [0.2, 0.25) is 0 Å². The lowest BCUT2D eigenvalue weighted by molar-refractivity contribution is -0.121. The van der Waals surface area contributed by atoms with E-state index in [1.54, 1.807) is 12.3 Å². The SMILES string of the molecule is CCCNC(=O)Cn1cc(-c2ccccc2)c(N(C)C)cc1=O. The molecule has 0 aliphatic heterocycles. The van der Waals surface area contributed by atoms with Crippen LogP contribution in [0.4, 0.5) is 5.69 Å². The molecular formula is C18H23N3O2. The maximum atomic E-state index is 12.3. The number of nitrogens with zero attached hydrogens (tertiary/aromatic N) is 2. The molecule has 122 valence electrons. The Morgan fingerprint density at radius 1 is 1.22 bits per heavy atom. The molecule has 0 fully saturated rings. The first-order valence-electron chi connectivity index (χ1n) is 7.77. The molecule has 0 radical (unpaired) electrons. The lowest BCUT2D eigenvalue weighted by atomic mass is 10.1. The number of hydrogen-bond donors (Lipinski definition) is 1. The fourth-order valence-corrected chi connectivity index (χ4v) is 2.37. The van der Waals surface area contributed by atoms with Gasteiger partial charge in [0.25, 0.3) is 5.56 Å². The van der Waals surface area contributed by atoms with E-state index in [2.05, 4.69) is 5.32 Å². The van der Waals surface area contributed by atoms with Gasteiger partial charge in [-0.1, -0.05) is 37.3 Å². The Labute approximate surface area is 136 Å². The van der Waals surface area contributed by atoms with E-state index in [4.69, 9.17) is 0 Å². The lowest BCUT2D eigenvalue weighted by Gasteiger charge is -2.19. The van der Waals surface area contributed by atoms with E-state index >= 15 is 0 Å². The standard InChI is InChI=1S/C18H23N3O2/c1-4-10-19-17(22)13-21-12-15(14-8-6-5-7-9-14)16(20(2)3)11-18(21)23/h5-9,11-12H,4,10,13H2,1-3H3,(H,19,22). The summed E-state index contributed by atoms with van der Waals surface area (Å²) >= 11 is 0. The lowest BCUT2D eigenvalue weighted by Crippen LogP contribution is -2.32. The molecule has 0 atom stereocenters. The summed E-state index contributed by atoms with van der Waals surface area (Å²) in [7, 11) is 3.80. The van der Waals surface area contributed by atoms with Gasteiger partial charge in [-0.2, -0.15) is 0 Å². The van der Waals surface area contributed by atoms with Gasteiger partial charge >= 0.3 is 0 Å². The van der Waals surface area contributed by atoms with Crippen LogP contribution in [0, 0.1) is 0 Å². The highest BCUT2D eigenvalue weighted by molar-refractivity contribution is 5.79. The van der Waals surface area contributed by atoms with Crippen LogP contribution in [0.5, 0.6) is 0 Å². The Morgan fingerprint density at radius 2 is 1.91 bits per heavy atom. The molecule has 0 unspecified atom stereocenters. The van der Waals surface area contributed by atoms with Gasteiger partial charge in [-0.3, -0.25) is 9.59 Å².